The van der Waals surface area contributed by atoms with Crippen molar-refractivity contribution in [2.24, 2.45) is 0 Å². The third-order valence-electron chi connectivity index (χ3n) is 5.69. The second-order valence-corrected chi connectivity index (χ2v) is 9.13. The van der Waals surface area contributed by atoms with Gasteiger partial charge in [0.25, 0.3) is 5.69 Å². The Kier molecular flexibility index (Phi) is 22.2. The molecule has 0 unspecified atom stereocenters. The smallest absolute Gasteiger partial charge is 0.432 e. The summed E-state index contributed by atoms with van der Waals surface area (Å²) in [5.41, 5.74) is 1.81. The molecule has 0 radical (unpaired) electrons. The van der Waals surface area contributed by atoms with Gasteiger partial charge in [0.2, 0.25) is 0 Å². The highest BCUT2D eigenvalue weighted by molar-refractivity contribution is 5.63. The van der Waals surface area contributed by atoms with Crippen molar-refractivity contribution in [2.75, 3.05) is 106 Å². The van der Waals surface area contributed by atoms with Gasteiger partial charge in [-0.1, -0.05) is 18.1 Å². The van der Waals surface area contributed by atoms with Crippen LogP contribution in [-0.2, 0) is 49.2 Å². The molecule has 0 aliphatic heterocycles. The fourth-order valence-corrected chi connectivity index (χ4v) is 3.37. The van der Waals surface area contributed by atoms with E-state index >= 15 is 0 Å². The highest BCUT2D eigenvalue weighted by atomic mass is 16.7. The summed E-state index contributed by atoms with van der Waals surface area (Å²) in [5, 5.41) is 10.6. The van der Waals surface area contributed by atoms with Gasteiger partial charge in [0.05, 0.1) is 111 Å². The van der Waals surface area contributed by atoms with Crippen molar-refractivity contribution in [3.8, 4) is 18.1 Å². The second kappa shape index (κ2) is 26.6. The number of nitro groups is 1. The lowest BCUT2D eigenvalue weighted by atomic mass is 10.1. The Balaban J connectivity index is 1.21. The molecule has 14 nitrogen and oxygen atoms in total. The van der Waals surface area contributed by atoms with E-state index in [0.717, 1.165) is 11.1 Å². The van der Waals surface area contributed by atoms with Crippen LogP contribution in [0.4, 0.5) is 10.5 Å². The van der Waals surface area contributed by atoms with E-state index < -0.39 is 11.1 Å². The average Bonchev–Trinajstić information content (AvgIpc) is 3.06. The molecule has 0 saturated carbocycles. The largest absolute Gasteiger partial charge is 0.513 e. The number of hydrogen-bond donors (Lipinski definition) is 0. The molecule has 2 rings (SSSR count). The molecular weight excluding hydrogens is 606 g/mol. The third-order valence-corrected chi connectivity index (χ3v) is 5.69. The lowest BCUT2D eigenvalue weighted by Gasteiger charge is -2.09. The minimum atomic E-state index is -0.927. The van der Waals surface area contributed by atoms with Crippen molar-refractivity contribution in [3.63, 3.8) is 0 Å². The average molecular weight is 650 g/mol. The van der Waals surface area contributed by atoms with Gasteiger partial charge < -0.3 is 47.4 Å². The second-order valence-electron chi connectivity index (χ2n) is 9.13. The van der Waals surface area contributed by atoms with Crippen LogP contribution in [0.2, 0.25) is 0 Å². The summed E-state index contributed by atoms with van der Waals surface area (Å²) in [6.07, 6.45) is 4.42. The molecule has 0 amide bonds. The van der Waals surface area contributed by atoms with Gasteiger partial charge in [0, 0.05) is 17.7 Å². The van der Waals surface area contributed by atoms with Gasteiger partial charge in [-0.15, -0.1) is 6.42 Å². The summed E-state index contributed by atoms with van der Waals surface area (Å²) < 4.78 is 53.3. The monoisotopic (exact) mass is 649 g/mol. The molecule has 0 saturated heterocycles. The first kappa shape index (κ1) is 38.5. The van der Waals surface area contributed by atoms with Crippen molar-refractivity contribution in [1.82, 2.24) is 0 Å². The molecule has 0 N–H and O–H groups in total. The molecule has 0 spiro atoms. The first-order chi connectivity index (χ1) is 22.6. The zero-order chi connectivity index (χ0) is 32.9. The van der Waals surface area contributed by atoms with Crippen LogP contribution in [0.15, 0.2) is 48.5 Å². The van der Waals surface area contributed by atoms with E-state index in [2.05, 4.69) is 5.92 Å². The number of non-ortho nitro benzene ring substituents is 1. The molecule has 0 heterocycles. The van der Waals surface area contributed by atoms with Gasteiger partial charge in [0.1, 0.15) is 12.4 Å². The molecule has 2 aromatic rings. The molecule has 254 valence electrons. The topological polar surface area (TPSA) is 153 Å². The summed E-state index contributed by atoms with van der Waals surface area (Å²) in [6.45, 7) is 6.99. The van der Waals surface area contributed by atoms with Crippen LogP contribution in [0, 0.1) is 22.5 Å². The number of benzene rings is 2. The van der Waals surface area contributed by atoms with E-state index in [1.165, 1.54) is 24.3 Å². The van der Waals surface area contributed by atoms with Gasteiger partial charge in [-0.25, -0.2) is 4.79 Å². The predicted molar refractivity (Wildman–Crippen MR) is 165 cm³/mol. The van der Waals surface area contributed by atoms with Crippen molar-refractivity contribution in [1.29, 1.82) is 0 Å². The number of carbonyl (C=O) groups excluding carboxylic acids is 1. The molecule has 0 aliphatic rings. The number of hydrogen-bond acceptors (Lipinski definition) is 13. The SMILES string of the molecule is C#Cc1ccc(COCCOCCOCCOCCOCCOCCOCCOCCOC(=O)Oc2ccc([N+](=O)[O-])cc2)cc1. The minimum Gasteiger partial charge on any atom is -0.432 e. The first-order valence-electron chi connectivity index (χ1n) is 14.8. The predicted octanol–water partition coefficient (Wildman–Crippen LogP) is 3.42. The molecular formula is C32H43NO13. The van der Waals surface area contributed by atoms with E-state index in [0.29, 0.717) is 99.1 Å². The maximum Gasteiger partial charge on any atom is 0.513 e. The number of ether oxygens (including phenoxy) is 10. The van der Waals surface area contributed by atoms with Crippen LogP contribution in [0.1, 0.15) is 11.1 Å². The van der Waals surface area contributed by atoms with Crippen LogP contribution in [-0.4, -0.2) is 117 Å². The summed E-state index contributed by atoms with van der Waals surface area (Å²) >= 11 is 0. The van der Waals surface area contributed by atoms with Gasteiger partial charge in [0.15, 0.2) is 0 Å². The van der Waals surface area contributed by atoms with E-state index in [4.69, 9.17) is 53.8 Å². The maximum atomic E-state index is 11.6. The Hall–Kier alpha value is -3.65. The molecule has 46 heavy (non-hydrogen) atoms. The van der Waals surface area contributed by atoms with Gasteiger partial charge in [-0.2, -0.15) is 0 Å². The Bertz CT molecular complexity index is 1110. The number of carbonyl (C=O) groups is 1. The summed E-state index contributed by atoms with van der Waals surface area (Å²) in [4.78, 5) is 21.7. The molecule has 14 heteroatoms. The Morgan fingerprint density at radius 1 is 0.587 bits per heavy atom. The molecule has 2 aromatic carbocycles. The minimum absolute atomic E-state index is 0.00713. The van der Waals surface area contributed by atoms with Crippen molar-refractivity contribution in [2.45, 2.75) is 6.61 Å². The zero-order valence-corrected chi connectivity index (χ0v) is 26.0. The third kappa shape index (κ3) is 20.4. The fourth-order valence-electron chi connectivity index (χ4n) is 3.37. The first-order valence-corrected chi connectivity index (χ1v) is 14.8. The molecule has 0 aromatic heterocycles. The fraction of sp³-hybridized carbons (Fsp3) is 0.531. The summed E-state index contributed by atoms with van der Waals surface area (Å²) in [7, 11) is 0. The van der Waals surface area contributed by atoms with Crippen molar-refractivity contribution in [3.05, 3.63) is 69.8 Å². The standard InChI is InChI=1S/C32H43NO13/c1-2-28-3-5-29(6-4-28)27-44-24-23-42-20-19-40-16-15-38-12-11-37-13-14-39-17-18-41-21-22-43-25-26-45-32(34)46-31-9-7-30(8-10-31)33(35)36/h1,3-10H,11-27H2. The van der Waals surface area contributed by atoms with Crippen LogP contribution in [0.25, 0.3) is 0 Å². The zero-order valence-electron chi connectivity index (χ0n) is 26.0. The maximum absolute atomic E-state index is 11.6. The van der Waals surface area contributed by atoms with E-state index in [1.54, 1.807) is 0 Å². The van der Waals surface area contributed by atoms with Crippen LogP contribution in [0.5, 0.6) is 5.75 Å². The Labute approximate surface area is 269 Å². The Morgan fingerprint density at radius 3 is 1.37 bits per heavy atom. The number of nitro benzene ring substituents is 1. The highest BCUT2D eigenvalue weighted by Crippen LogP contribution is 2.17. The lowest BCUT2D eigenvalue weighted by Crippen LogP contribution is -2.16. The van der Waals surface area contributed by atoms with E-state index in [9.17, 15) is 14.9 Å². The van der Waals surface area contributed by atoms with E-state index in [1.807, 2.05) is 24.3 Å². The van der Waals surface area contributed by atoms with Crippen molar-refractivity contribution >= 4 is 11.8 Å². The van der Waals surface area contributed by atoms with Gasteiger partial charge in [-0.05, 0) is 29.8 Å². The molecule has 0 aliphatic carbocycles. The summed E-state index contributed by atoms with van der Waals surface area (Å²) in [6, 6.07) is 12.8. The van der Waals surface area contributed by atoms with Crippen LogP contribution < -0.4 is 4.74 Å². The Morgan fingerprint density at radius 2 is 0.978 bits per heavy atom. The lowest BCUT2D eigenvalue weighted by molar-refractivity contribution is -0.384. The molecule has 0 fully saturated rings. The highest BCUT2D eigenvalue weighted by Gasteiger charge is 2.09. The van der Waals surface area contributed by atoms with Gasteiger partial charge in [-0.3, -0.25) is 10.1 Å². The van der Waals surface area contributed by atoms with Crippen LogP contribution in [0.3, 0.4) is 0 Å². The quantitative estimate of drug-likeness (QED) is 0.0331. The van der Waals surface area contributed by atoms with E-state index in [-0.39, 0.29) is 24.7 Å². The number of rotatable bonds is 28. The van der Waals surface area contributed by atoms with Gasteiger partial charge >= 0.3 is 6.16 Å². The molecule has 0 atom stereocenters. The van der Waals surface area contributed by atoms with Crippen molar-refractivity contribution < 1.29 is 57.1 Å². The summed E-state index contributed by atoms with van der Waals surface area (Å²) in [5.74, 6) is 2.73. The number of terminal acetylenes is 1. The van der Waals surface area contributed by atoms with Crippen LogP contribution >= 0.6 is 0 Å². The molecule has 0 bridgehead atoms. The number of nitrogens with zero attached hydrogens (tertiary/aromatic N) is 1. The normalized spacial score (nSPS) is 10.8.